The molecule has 0 radical (unpaired) electrons. The molecule has 3 aliphatic carbocycles. The van der Waals surface area contributed by atoms with Gasteiger partial charge in [-0.15, -0.1) is 11.3 Å². The minimum Gasteiger partial charge on any atom is -0.354 e. The number of hydrogen-bond acceptors (Lipinski definition) is 10. The highest BCUT2D eigenvalue weighted by atomic mass is 35.5. The number of carbonyl (C=O) groups is 7. The quantitative estimate of drug-likeness (QED) is 0.0385. The second-order valence-corrected chi connectivity index (χ2v) is 22.1. The summed E-state index contributed by atoms with van der Waals surface area (Å²) in [4.78, 5) is 103. The van der Waals surface area contributed by atoms with Crippen molar-refractivity contribution in [2.24, 2.45) is 23.2 Å². The molecule has 6 rings (SSSR count). The fraction of sp³-hybridized carbons (Fsp3) is 0.653. The maximum atomic E-state index is 14.8. The van der Waals surface area contributed by atoms with Crippen molar-refractivity contribution in [2.75, 3.05) is 26.7 Å². The number of likely N-dealkylation sites (tertiary alicyclic amines) is 1. The molecule has 1 aliphatic heterocycles. The SMILES string of the molecule is CC(C)CC(=N)C(=O)N(C)[C@@H](Cc1cc(Cl)ccc1-c1cncs1)C(=O)NC(C)(C)C(=O)NCCCC[C@@H](C=O)N(CC1CC1)C(=O)[C@@H](NC(=O)[C@@H]1C[C@@H](F)CN1C(=O)C1(C(F)(F)F)CC(F)(F)C1)C1CC1. The molecular formula is C49H63ClF6N8O7S. The van der Waals surface area contributed by atoms with Crippen molar-refractivity contribution >= 4 is 70.4 Å². The molecule has 0 unspecified atom stereocenters. The number of unbranched alkanes of at least 4 members (excludes halogenated alkanes) is 1. The highest BCUT2D eigenvalue weighted by Gasteiger charge is 2.75. The van der Waals surface area contributed by atoms with Crippen LogP contribution in [0.1, 0.15) is 104 Å². The number of amides is 6. The Morgan fingerprint density at radius 2 is 1.74 bits per heavy atom. The summed E-state index contributed by atoms with van der Waals surface area (Å²) in [5, 5.41) is 17.0. The summed E-state index contributed by atoms with van der Waals surface area (Å²) in [5.74, 6) is -9.54. The Morgan fingerprint density at radius 1 is 1.06 bits per heavy atom. The Hall–Kier alpha value is -5.12. The Bertz CT molecular complexity index is 2360. The van der Waals surface area contributed by atoms with Crippen LogP contribution in [0.25, 0.3) is 10.4 Å². The van der Waals surface area contributed by atoms with Crippen molar-refractivity contribution in [1.82, 2.24) is 35.6 Å². The Labute approximate surface area is 423 Å². The predicted octanol–water partition coefficient (Wildman–Crippen LogP) is 6.70. The number of nitrogens with one attached hydrogen (secondary N) is 4. The van der Waals surface area contributed by atoms with E-state index in [0.29, 0.717) is 47.5 Å². The topological polar surface area (TPSA) is 202 Å². The number of carbonyl (C=O) groups excluding carboxylic acids is 7. The van der Waals surface area contributed by atoms with Gasteiger partial charge >= 0.3 is 6.18 Å². The number of aldehydes is 1. The number of halogens is 7. The molecule has 4 N–H and O–H groups in total. The first-order chi connectivity index (χ1) is 33.7. The zero-order valence-electron chi connectivity index (χ0n) is 40.9. The van der Waals surface area contributed by atoms with Crippen molar-refractivity contribution < 1.29 is 59.9 Å². The second kappa shape index (κ2) is 22.6. The maximum Gasteiger partial charge on any atom is 0.403 e. The number of alkyl halides is 6. The van der Waals surface area contributed by atoms with Gasteiger partial charge in [-0.05, 0) is 106 Å². The summed E-state index contributed by atoms with van der Waals surface area (Å²) >= 11 is 7.78. The van der Waals surface area contributed by atoms with Crippen LogP contribution < -0.4 is 16.0 Å². The molecule has 2 heterocycles. The summed E-state index contributed by atoms with van der Waals surface area (Å²) < 4.78 is 84.9. The van der Waals surface area contributed by atoms with E-state index in [9.17, 15) is 59.9 Å². The van der Waals surface area contributed by atoms with Crippen molar-refractivity contribution in [1.29, 1.82) is 5.41 Å². The van der Waals surface area contributed by atoms with E-state index in [1.165, 1.54) is 42.0 Å². The van der Waals surface area contributed by atoms with Crippen LogP contribution in [-0.2, 0) is 40.0 Å². The van der Waals surface area contributed by atoms with Gasteiger partial charge in [-0.3, -0.25) is 39.2 Å². The molecule has 1 aromatic heterocycles. The van der Waals surface area contributed by atoms with Gasteiger partial charge in [0.2, 0.25) is 29.5 Å². The van der Waals surface area contributed by atoms with Crippen molar-refractivity contribution in [2.45, 2.75) is 153 Å². The lowest BCUT2D eigenvalue weighted by molar-refractivity contribution is -0.299. The van der Waals surface area contributed by atoms with Gasteiger partial charge in [0, 0.05) is 57.0 Å². The van der Waals surface area contributed by atoms with Crippen LogP contribution in [-0.4, -0.2) is 142 Å². The lowest BCUT2D eigenvalue weighted by Crippen LogP contribution is -2.65. The van der Waals surface area contributed by atoms with E-state index in [1.54, 1.807) is 29.9 Å². The lowest BCUT2D eigenvalue weighted by Gasteiger charge is -2.48. The molecule has 0 spiro atoms. The average molecular weight is 1060 g/mol. The predicted molar refractivity (Wildman–Crippen MR) is 256 cm³/mol. The van der Waals surface area contributed by atoms with Crippen LogP contribution in [0.5, 0.6) is 0 Å². The molecule has 72 heavy (non-hydrogen) atoms. The summed E-state index contributed by atoms with van der Waals surface area (Å²) in [6.45, 7) is 6.06. The Balaban J connectivity index is 1.07. The third-order valence-corrected chi connectivity index (χ3v) is 14.9. The summed E-state index contributed by atoms with van der Waals surface area (Å²) in [7, 11) is 1.43. The molecule has 0 bridgehead atoms. The van der Waals surface area contributed by atoms with Gasteiger partial charge in [-0.2, -0.15) is 13.2 Å². The first kappa shape index (κ1) is 56.2. The van der Waals surface area contributed by atoms with Crippen molar-refractivity contribution in [3.05, 3.63) is 40.5 Å². The number of thiazole rings is 1. The van der Waals surface area contributed by atoms with Crippen LogP contribution in [0.4, 0.5) is 26.3 Å². The van der Waals surface area contributed by atoms with Crippen molar-refractivity contribution in [3.8, 4) is 10.4 Å². The molecule has 2 aromatic rings. The van der Waals surface area contributed by atoms with Gasteiger partial charge < -0.3 is 35.4 Å². The fourth-order valence-corrected chi connectivity index (χ4v) is 10.4. The van der Waals surface area contributed by atoms with Crippen LogP contribution in [0, 0.1) is 28.6 Å². The molecule has 1 aromatic carbocycles. The number of likely N-dealkylation sites (N-methyl/N-ethyl adjacent to an activating group) is 1. The third kappa shape index (κ3) is 13.3. The van der Waals surface area contributed by atoms with Gasteiger partial charge in [0.15, 0.2) is 5.41 Å². The molecular weight excluding hydrogens is 994 g/mol. The van der Waals surface area contributed by atoms with E-state index < -0.39 is 121 Å². The third-order valence-electron chi connectivity index (χ3n) is 13.9. The minimum atomic E-state index is -5.39. The number of nitrogens with zero attached hydrogens (tertiary/aromatic N) is 4. The van der Waals surface area contributed by atoms with Gasteiger partial charge in [0.05, 0.1) is 28.7 Å². The number of benzene rings is 1. The molecule has 15 nitrogen and oxygen atoms in total. The molecule has 1 saturated heterocycles. The Morgan fingerprint density at radius 3 is 2.31 bits per heavy atom. The molecule has 4 aliphatic rings. The van der Waals surface area contributed by atoms with E-state index >= 15 is 0 Å². The van der Waals surface area contributed by atoms with Gasteiger partial charge in [-0.25, -0.2) is 13.2 Å². The minimum absolute atomic E-state index is 0.00163. The zero-order valence-corrected chi connectivity index (χ0v) is 42.5. The molecule has 396 valence electrons. The average Bonchev–Trinajstić information content (AvgIpc) is 4.21. The van der Waals surface area contributed by atoms with E-state index in [0.717, 1.165) is 23.3 Å². The highest BCUT2D eigenvalue weighted by Crippen LogP contribution is 2.61. The largest absolute Gasteiger partial charge is 0.403 e. The van der Waals surface area contributed by atoms with E-state index in [-0.39, 0.29) is 49.9 Å². The first-order valence-corrected chi connectivity index (χ1v) is 25.5. The molecule has 3 saturated carbocycles. The maximum absolute atomic E-state index is 14.8. The van der Waals surface area contributed by atoms with Gasteiger partial charge in [-0.1, -0.05) is 31.5 Å². The molecule has 5 atom stereocenters. The summed E-state index contributed by atoms with van der Waals surface area (Å²) in [5.41, 5.74) is -2.14. The van der Waals surface area contributed by atoms with E-state index in [1.807, 2.05) is 13.8 Å². The Kier molecular flexibility index (Phi) is 17.6. The highest BCUT2D eigenvalue weighted by molar-refractivity contribution is 7.13. The number of hydrogen-bond donors (Lipinski definition) is 4. The molecule has 23 heteroatoms. The lowest BCUT2D eigenvalue weighted by atomic mass is 9.64. The zero-order chi connectivity index (χ0) is 53.1. The van der Waals surface area contributed by atoms with Crippen LogP contribution >= 0.6 is 22.9 Å². The normalized spacial score (nSPS) is 20.7. The number of rotatable bonds is 24. The monoisotopic (exact) mass is 1060 g/mol. The summed E-state index contributed by atoms with van der Waals surface area (Å²) in [6, 6.07) is -0.0267. The van der Waals surface area contributed by atoms with Crippen molar-refractivity contribution in [3.63, 3.8) is 0 Å². The fourth-order valence-electron chi connectivity index (χ4n) is 9.47. The number of aromatic nitrogens is 1. The van der Waals surface area contributed by atoms with Crippen LogP contribution in [0.2, 0.25) is 5.02 Å². The van der Waals surface area contributed by atoms with E-state index in [2.05, 4.69) is 20.9 Å². The smallest absolute Gasteiger partial charge is 0.354 e. The van der Waals surface area contributed by atoms with Gasteiger partial charge in [0.25, 0.3) is 11.8 Å². The summed E-state index contributed by atoms with van der Waals surface area (Å²) in [6.07, 6.45) is -5.92. The molecule has 6 amide bonds. The van der Waals surface area contributed by atoms with Gasteiger partial charge in [0.1, 0.15) is 36.1 Å². The van der Waals surface area contributed by atoms with Crippen LogP contribution in [0.15, 0.2) is 29.9 Å². The second-order valence-electron chi connectivity index (χ2n) is 20.8. The first-order valence-electron chi connectivity index (χ1n) is 24.3. The van der Waals surface area contributed by atoms with E-state index in [4.69, 9.17) is 17.0 Å². The molecule has 4 fully saturated rings. The van der Waals surface area contributed by atoms with Crippen LogP contribution in [0.3, 0.4) is 0 Å². The standard InChI is InChI=1S/C49H63ClF6N8O7S/c1-27(2)16-35(57)42(68)62(5)36(18-30-17-31(50)13-14-34(30)38-20-58-26-72-38)41(67)61-46(3,4)44(70)59-15-7-6-8-33(23-65)63(21-28-9-10-28)43(69)39(29-11-12-29)60-40(66)37-19-32(51)22-64(37)45(71)47(49(54,55)56)24-48(52,53)25-47/h13-14,17,20,23,26-29,32-33,36-37,39,57H,6-12,15-16,18-19,21-22,24-25H2,1-5H3,(H,59,70)(H,60,66)(H,61,67)/t32-,33+,36+,37+,39+/m1/s1.